The van der Waals surface area contributed by atoms with Crippen molar-refractivity contribution in [1.82, 2.24) is 0 Å². The largest absolute Gasteiger partial charge is 0.371 e. The highest BCUT2D eigenvalue weighted by Crippen LogP contribution is 2.46. The molecule has 1 aliphatic carbocycles. The molecule has 0 aromatic heterocycles. The van der Waals surface area contributed by atoms with Crippen LogP contribution >= 0.6 is 0 Å². The van der Waals surface area contributed by atoms with E-state index in [1.165, 1.54) is 36.3 Å². The topological polar surface area (TPSA) is 3.24 Å². The Balaban J connectivity index is 1.65. The third-order valence-corrected chi connectivity index (χ3v) is 4.30. The number of hydrogen-bond donors (Lipinski definition) is 0. The SMILES string of the molecule is c1ccc(-c2cccc(N3C[C@H]4C[C@H]4C3)c2)cc1. The summed E-state index contributed by atoms with van der Waals surface area (Å²) in [6, 6.07) is 19.6. The molecule has 1 nitrogen and oxygen atoms in total. The lowest BCUT2D eigenvalue weighted by Crippen LogP contribution is -2.21. The first-order chi connectivity index (χ1) is 8.90. The second kappa shape index (κ2) is 3.88. The van der Waals surface area contributed by atoms with Gasteiger partial charge in [-0.15, -0.1) is 0 Å². The van der Waals surface area contributed by atoms with E-state index in [1.807, 2.05) is 0 Å². The molecule has 4 rings (SSSR count). The van der Waals surface area contributed by atoms with Crippen LogP contribution in [0.2, 0.25) is 0 Å². The molecular formula is C17H17N. The zero-order valence-corrected chi connectivity index (χ0v) is 10.4. The summed E-state index contributed by atoms with van der Waals surface area (Å²) in [4.78, 5) is 2.55. The van der Waals surface area contributed by atoms with Gasteiger partial charge in [-0.1, -0.05) is 42.5 Å². The van der Waals surface area contributed by atoms with Gasteiger partial charge in [-0.05, 0) is 41.5 Å². The number of anilines is 1. The molecule has 1 saturated heterocycles. The molecule has 2 atom stereocenters. The Morgan fingerprint density at radius 1 is 0.778 bits per heavy atom. The number of benzene rings is 2. The van der Waals surface area contributed by atoms with Crippen molar-refractivity contribution in [1.29, 1.82) is 0 Å². The summed E-state index contributed by atoms with van der Waals surface area (Å²) in [5.41, 5.74) is 4.03. The molecule has 90 valence electrons. The summed E-state index contributed by atoms with van der Waals surface area (Å²) in [5, 5.41) is 0. The molecular weight excluding hydrogens is 218 g/mol. The minimum Gasteiger partial charge on any atom is -0.371 e. The molecule has 2 aliphatic rings. The molecule has 0 N–H and O–H groups in total. The normalized spacial score (nSPS) is 25.0. The zero-order valence-electron chi connectivity index (χ0n) is 10.4. The molecule has 1 heterocycles. The maximum absolute atomic E-state index is 2.55. The Hall–Kier alpha value is -1.76. The molecule has 2 aromatic rings. The van der Waals surface area contributed by atoms with Crippen molar-refractivity contribution >= 4 is 5.69 Å². The van der Waals surface area contributed by atoms with E-state index in [0.29, 0.717) is 0 Å². The van der Waals surface area contributed by atoms with Gasteiger partial charge < -0.3 is 4.90 Å². The first-order valence-corrected chi connectivity index (χ1v) is 6.80. The third-order valence-electron chi connectivity index (χ3n) is 4.30. The second-order valence-electron chi connectivity index (χ2n) is 5.58. The van der Waals surface area contributed by atoms with Crippen LogP contribution in [0.3, 0.4) is 0 Å². The van der Waals surface area contributed by atoms with Crippen molar-refractivity contribution in [2.45, 2.75) is 6.42 Å². The fourth-order valence-electron chi connectivity index (χ4n) is 3.12. The molecule has 0 unspecified atom stereocenters. The van der Waals surface area contributed by atoms with Gasteiger partial charge in [-0.3, -0.25) is 0 Å². The molecule has 1 heteroatoms. The highest BCUT2D eigenvalue weighted by atomic mass is 15.2. The first kappa shape index (κ1) is 10.2. The smallest absolute Gasteiger partial charge is 0.0372 e. The number of hydrogen-bond acceptors (Lipinski definition) is 1. The van der Waals surface area contributed by atoms with Crippen molar-refractivity contribution in [2.24, 2.45) is 11.8 Å². The van der Waals surface area contributed by atoms with Gasteiger partial charge in [0.2, 0.25) is 0 Å². The lowest BCUT2D eigenvalue weighted by molar-refractivity contribution is 0.820. The lowest BCUT2D eigenvalue weighted by Gasteiger charge is -2.21. The van der Waals surface area contributed by atoms with E-state index in [0.717, 1.165) is 11.8 Å². The maximum atomic E-state index is 2.55. The van der Waals surface area contributed by atoms with Gasteiger partial charge in [-0.2, -0.15) is 0 Å². The van der Waals surface area contributed by atoms with Gasteiger partial charge >= 0.3 is 0 Å². The number of rotatable bonds is 2. The highest BCUT2D eigenvalue weighted by molar-refractivity contribution is 5.68. The van der Waals surface area contributed by atoms with Crippen molar-refractivity contribution in [3.8, 4) is 11.1 Å². The predicted molar refractivity (Wildman–Crippen MR) is 75.7 cm³/mol. The van der Waals surface area contributed by atoms with Gasteiger partial charge in [-0.25, -0.2) is 0 Å². The van der Waals surface area contributed by atoms with Crippen LogP contribution in [0.15, 0.2) is 54.6 Å². The molecule has 1 saturated carbocycles. The van der Waals surface area contributed by atoms with Gasteiger partial charge in [0.15, 0.2) is 0 Å². The van der Waals surface area contributed by atoms with Crippen LogP contribution in [-0.2, 0) is 0 Å². The second-order valence-corrected chi connectivity index (χ2v) is 5.58. The van der Waals surface area contributed by atoms with Gasteiger partial charge in [0.05, 0.1) is 0 Å². The van der Waals surface area contributed by atoms with Crippen LogP contribution in [0.1, 0.15) is 6.42 Å². The summed E-state index contributed by atoms with van der Waals surface area (Å²) < 4.78 is 0. The van der Waals surface area contributed by atoms with E-state index in [1.54, 1.807) is 0 Å². The maximum Gasteiger partial charge on any atom is 0.0372 e. The molecule has 0 amide bonds. The van der Waals surface area contributed by atoms with E-state index < -0.39 is 0 Å². The molecule has 18 heavy (non-hydrogen) atoms. The van der Waals surface area contributed by atoms with E-state index >= 15 is 0 Å². The standard InChI is InChI=1S/C17H17N/c1-2-5-13(6-3-1)14-7-4-8-17(10-14)18-11-15-9-16(15)12-18/h1-8,10,15-16H,9,11-12H2/t15-,16+. The summed E-state index contributed by atoms with van der Waals surface area (Å²) >= 11 is 0. The van der Waals surface area contributed by atoms with Crippen molar-refractivity contribution in [3.05, 3.63) is 54.6 Å². The Kier molecular flexibility index (Phi) is 2.19. The molecule has 2 fully saturated rings. The first-order valence-electron chi connectivity index (χ1n) is 6.80. The number of nitrogens with zero attached hydrogens (tertiary/aromatic N) is 1. The molecule has 0 spiro atoms. The van der Waals surface area contributed by atoms with Crippen LogP contribution in [-0.4, -0.2) is 13.1 Å². The van der Waals surface area contributed by atoms with Crippen LogP contribution in [0.5, 0.6) is 0 Å². The van der Waals surface area contributed by atoms with Gasteiger partial charge in [0, 0.05) is 18.8 Å². The Morgan fingerprint density at radius 3 is 2.28 bits per heavy atom. The van der Waals surface area contributed by atoms with Gasteiger partial charge in [0.1, 0.15) is 0 Å². The fourth-order valence-corrected chi connectivity index (χ4v) is 3.12. The van der Waals surface area contributed by atoms with Crippen molar-refractivity contribution < 1.29 is 0 Å². The summed E-state index contributed by atoms with van der Waals surface area (Å²) in [5.74, 6) is 1.98. The van der Waals surface area contributed by atoms with E-state index in [-0.39, 0.29) is 0 Å². The molecule has 0 radical (unpaired) electrons. The zero-order chi connectivity index (χ0) is 11.9. The Morgan fingerprint density at radius 2 is 1.50 bits per heavy atom. The van der Waals surface area contributed by atoms with Crippen LogP contribution in [0.4, 0.5) is 5.69 Å². The number of fused-ring (bicyclic) bond motifs is 1. The van der Waals surface area contributed by atoms with E-state index in [4.69, 9.17) is 0 Å². The van der Waals surface area contributed by atoms with Crippen LogP contribution < -0.4 is 4.90 Å². The van der Waals surface area contributed by atoms with E-state index in [9.17, 15) is 0 Å². The summed E-state index contributed by atoms with van der Waals surface area (Å²) in [6.45, 7) is 2.53. The summed E-state index contributed by atoms with van der Waals surface area (Å²) in [6.07, 6.45) is 1.47. The monoisotopic (exact) mass is 235 g/mol. The number of piperidine rings is 1. The minimum atomic E-state index is 0.991. The van der Waals surface area contributed by atoms with Crippen LogP contribution in [0, 0.1) is 11.8 Å². The van der Waals surface area contributed by atoms with Crippen molar-refractivity contribution in [3.63, 3.8) is 0 Å². The van der Waals surface area contributed by atoms with E-state index in [2.05, 4.69) is 59.5 Å². The quantitative estimate of drug-likeness (QED) is 0.765. The average Bonchev–Trinajstić information content (AvgIpc) is 3.06. The summed E-state index contributed by atoms with van der Waals surface area (Å²) in [7, 11) is 0. The fraction of sp³-hybridized carbons (Fsp3) is 0.294. The van der Waals surface area contributed by atoms with Gasteiger partial charge in [0.25, 0.3) is 0 Å². The Bertz CT molecular complexity index is 551. The Labute approximate surface area is 108 Å². The molecule has 2 aromatic carbocycles. The molecule has 1 aliphatic heterocycles. The lowest BCUT2D eigenvalue weighted by atomic mass is 10.1. The molecule has 0 bridgehead atoms. The predicted octanol–water partition coefficient (Wildman–Crippen LogP) is 3.81. The third kappa shape index (κ3) is 1.71. The van der Waals surface area contributed by atoms with Crippen molar-refractivity contribution in [2.75, 3.05) is 18.0 Å². The highest BCUT2D eigenvalue weighted by Gasteiger charge is 2.45. The minimum absolute atomic E-state index is 0.991. The van der Waals surface area contributed by atoms with Crippen LogP contribution in [0.25, 0.3) is 11.1 Å². The average molecular weight is 235 g/mol.